The number of rotatable bonds is 6. The van der Waals surface area contributed by atoms with E-state index >= 15 is 0 Å². The van der Waals surface area contributed by atoms with Crippen LogP contribution < -0.4 is 9.62 Å². The number of sulfonamides is 1. The molecule has 2 aromatic carbocycles. The fourth-order valence-corrected chi connectivity index (χ4v) is 3.63. The third-order valence-electron chi connectivity index (χ3n) is 3.63. The summed E-state index contributed by atoms with van der Waals surface area (Å²) in [5.74, 6) is 0.0444. The minimum Gasteiger partial charge on any atom is -0.352 e. The van der Waals surface area contributed by atoms with E-state index in [1.165, 1.54) is 31.3 Å². The highest BCUT2D eigenvalue weighted by Crippen LogP contribution is 2.27. The van der Waals surface area contributed by atoms with Crippen molar-refractivity contribution in [2.45, 2.75) is 18.7 Å². The second-order valence-corrected chi connectivity index (χ2v) is 8.43. The largest absolute Gasteiger partial charge is 0.352 e. The molecule has 0 fully saturated rings. The van der Waals surface area contributed by atoms with Gasteiger partial charge in [0.2, 0.25) is 0 Å². The highest BCUT2D eigenvalue weighted by Gasteiger charge is 2.22. The zero-order chi connectivity index (χ0) is 18.6. The number of nitrogens with zero attached hydrogens (tertiary/aromatic N) is 1. The van der Waals surface area contributed by atoms with Crippen molar-refractivity contribution in [3.8, 4) is 0 Å². The first-order chi connectivity index (χ1) is 11.7. The first kappa shape index (κ1) is 19.3. The lowest BCUT2D eigenvalue weighted by atomic mass is 10.1. The third kappa shape index (κ3) is 4.52. The second kappa shape index (κ2) is 7.89. The van der Waals surface area contributed by atoms with Gasteiger partial charge < -0.3 is 5.32 Å². The highest BCUT2D eigenvalue weighted by atomic mass is 35.5. The molecule has 2 aromatic rings. The van der Waals surface area contributed by atoms with Crippen LogP contribution in [0.4, 0.5) is 5.69 Å². The maximum absolute atomic E-state index is 12.6. The van der Waals surface area contributed by atoms with E-state index in [0.717, 1.165) is 4.31 Å². The Bertz CT molecular complexity index is 852. The molecule has 0 aliphatic rings. The third-order valence-corrected chi connectivity index (χ3v) is 5.75. The molecule has 5 nitrogen and oxygen atoms in total. The lowest BCUT2D eigenvalue weighted by molar-refractivity contribution is 0.0949. The molecule has 2 rings (SSSR count). The molecule has 7 heteroatoms. The molecule has 1 amide bonds. The molecule has 134 valence electrons. The molecule has 0 aliphatic carbocycles. The van der Waals surface area contributed by atoms with Crippen LogP contribution in [0.15, 0.2) is 53.4 Å². The van der Waals surface area contributed by atoms with Crippen LogP contribution >= 0.6 is 11.6 Å². The molecule has 0 radical (unpaired) electrons. The summed E-state index contributed by atoms with van der Waals surface area (Å²) in [5, 5.41) is 2.99. The molecular weight excluding hydrogens is 360 g/mol. The number of benzene rings is 2. The van der Waals surface area contributed by atoms with Gasteiger partial charge in [0.15, 0.2) is 0 Å². The summed E-state index contributed by atoms with van der Waals surface area (Å²) in [6.45, 7) is 4.53. The van der Waals surface area contributed by atoms with Crippen LogP contribution in [0.25, 0.3) is 0 Å². The number of anilines is 1. The van der Waals surface area contributed by atoms with Crippen molar-refractivity contribution in [3.05, 3.63) is 59.1 Å². The Kier molecular flexibility index (Phi) is 6.08. The van der Waals surface area contributed by atoms with Crippen LogP contribution in [0.1, 0.15) is 24.2 Å². The van der Waals surface area contributed by atoms with Gasteiger partial charge in [-0.15, -0.1) is 0 Å². The number of amides is 1. The van der Waals surface area contributed by atoms with Gasteiger partial charge in [0.05, 0.1) is 21.2 Å². The zero-order valence-corrected chi connectivity index (χ0v) is 15.9. The van der Waals surface area contributed by atoms with Crippen molar-refractivity contribution >= 4 is 33.2 Å². The molecule has 1 N–H and O–H groups in total. The molecule has 0 unspecified atom stereocenters. The molecule has 0 bridgehead atoms. The smallest absolute Gasteiger partial charge is 0.264 e. The van der Waals surface area contributed by atoms with E-state index in [0.29, 0.717) is 23.7 Å². The van der Waals surface area contributed by atoms with E-state index in [2.05, 4.69) is 5.32 Å². The molecule has 0 saturated carbocycles. The number of nitrogens with one attached hydrogen (secondary N) is 1. The molecule has 0 saturated heterocycles. The Balaban J connectivity index is 2.26. The molecule has 25 heavy (non-hydrogen) atoms. The average molecular weight is 381 g/mol. The first-order valence-electron chi connectivity index (χ1n) is 7.85. The van der Waals surface area contributed by atoms with Crippen molar-refractivity contribution in [2.75, 3.05) is 17.9 Å². The van der Waals surface area contributed by atoms with Crippen LogP contribution in [0.2, 0.25) is 5.02 Å². The Labute approximate surface area is 153 Å². The van der Waals surface area contributed by atoms with Gasteiger partial charge in [-0.25, -0.2) is 8.42 Å². The number of hydrogen-bond donors (Lipinski definition) is 1. The summed E-state index contributed by atoms with van der Waals surface area (Å²) in [6, 6.07) is 12.7. The fraction of sp³-hybridized carbons (Fsp3) is 0.278. The summed E-state index contributed by atoms with van der Waals surface area (Å²) in [7, 11) is -2.24. The fourth-order valence-electron chi connectivity index (χ4n) is 2.17. The Morgan fingerprint density at radius 2 is 1.80 bits per heavy atom. The Morgan fingerprint density at radius 3 is 2.36 bits per heavy atom. The van der Waals surface area contributed by atoms with Gasteiger partial charge in [0, 0.05) is 13.6 Å². The van der Waals surface area contributed by atoms with Crippen LogP contribution in [-0.4, -0.2) is 27.9 Å². The van der Waals surface area contributed by atoms with Crippen molar-refractivity contribution in [1.29, 1.82) is 0 Å². The predicted molar refractivity (Wildman–Crippen MR) is 101 cm³/mol. The monoisotopic (exact) mass is 380 g/mol. The topological polar surface area (TPSA) is 66.5 Å². The molecule has 0 aliphatic heterocycles. The van der Waals surface area contributed by atoms with Crippen LogP contribution in [0.3, 0.4) is 0 Å². The number of hydrogen-bond acceptors (Lipinski definition) is 3. The van der Waals surface area contributed by atoms with Gasteiger partial charge in [-0.3, -0.25) is 9.10 Å². The van der Waals surface area contributed by atoms with Crippen LogP contribution in [0, 0.1) is 5.92 Å². The van der Waals surface area contributed by atoms with Crippen molar-refractivity contribution in [2.24, 2.45) is 5.92 Å². The number of carbonyl (C=O) groups is 1. The summed E-state index contributed by atoms with van der Waals surface area (Å²) in [6.07, 6.45) is 0. The minimum atomic E-state index is -3.69. The van der Waals surface area contributed by atoms with Crippen molar-refractivity contribution in [1.82, 2.24) is 5.32 Å². The molecule has 0 atom stereocenters. The van der Waals surface area contributed by atoms with Gasteiger partial charge in [0.25, 0.3) is 15.9 Å². The SMILES string of the molecule is CC(C)CNC(=O)c1ccc(N(C)S(=O)(=O)c2ccccc2)cc1Cl. The molecule has 0 heterocycles. The van der Waals surface area contributed by atoms with Gasteiger partial charge >= 0.3 is 0 Å². The molecule has 0 aromatic heterocycles. The van der Waals surface area contributed by atoms with E-state index in [4.69, 9.17) is 11.6 Å². The van der Waals surface area contributed by atoms with Gasteiger partial charge in [0.1, 0.15) is 0 Å². The lowest BCUT2D eigenvalue weighted by Crippen LogP contribution is -2.28. The van der Waals surface area contributed by atoms with Crippen LogP contribution in [-0.2, 0) is 10.0 Å². The first-order valence-corrected chi connectivity index (χ1v) is 9.67. The summed E-state index contributed by atoms with van der Waals surface area (Å²) in [4.78, 5) is 12.3. The predicted octanol–water partition coefficient (Wildman–Crippen LogP) is 3.55. The zero-order valence-electron chi connectivity index (χ0n) is 14.4. The Hall–Kier alpha value is -2.05. The van der Waals surface area contributed by atoms with E-state index in [1.807, 2.05) is 13.8 Å². The standard InChI is InChI=1S/C18H21ClN2O3S/c1-13(2)12-20-18(22)16-10-9-14(11-17(16)19)21(3)25(23,24)15-7-5-4-6-8-15/h4-11,13H,12H2,1-3H3,(H,20,22). The maximum Gasteiger partial charge on any atom is 0.264 e. The molecular formula is C18H21ClN2O3S. The minimum absolute atomic E-state index is 0.187. The van der Waals surface area contributed by atoms with Crippen molar-refractivity contribution < 1.29 is 13.2 Å². The van der Waals surface area contributed by atoms with Crippen LogP contribution in [0.5, 0.6) is 0 Å². The number of halogens is 1. The van der Waals surface area contributed by atoms with Crippen molar-refractivity contribution in [3.63, 3.8) is 0 Å². The normalized spacial score (nSPS) is 11.4. The summed E-state index contributed by atoms with van der Waals surface area (Å²) >= 11 is 6.20. The lowest BCUT2D eigenvalue weighted by Gasteiger charge is -2.20. The summed E-state index contributed by atoms with van der Waals surface area (Å²) < 4.78 is 26.4. The van der Waals surface area contributed by atoms with E-state index in [-0.39, 0.29) is 15.8 Å². The number of carbonyl (C=O) groups excluding carboxylic acids is 1. The van der Waals surface area contributed by atoms with E-state index < -0.39 is 10.0 Å². The maximum atomic E-state index is 12.6. The van der Waals surface area contributed by atoms with E-state index in [9.17, 15) is 13.2 Å². The average Bonchev–Trinajstić information content (AvgIpc) is 2.59. The van der Waals surface area contributed by atoms with Gasteiger partial charge in [-0.2, -0.15) is 0 Å². The second-order valence-electron chi connectivity index (χ2n) is 6.05. The quantitative estimate of drug-likeness (QED) is 0.833. The van der Waals surface area contributed by atoms with E-state index in [1.54, 1.807) is 24.3 Å². The Morgan fingerprint density at radius 1 is 1.16 bits per heavy atom. The highest BCUT2D eigenvalue weighted by molar-refractivity contribution is 7.92. The van der Waals surface area contributed by atoms with Gasteiger partial charge in [-0.1, -0.05) is 43.6 Å². The van der Waals surface area contributed by atoms with Gasteiger partial charge in [-0.05, 0) is 36.2 Å². The molecule has 0 spiro atoms. The summed E-state index contributed by atoms with van der Waals surface area (Å²) in [5.41, 5.74) is 0.700.